The molecule has 0 saturated heterocycles. The van der Waals surface area contributed by atoms with E-state index in [-0.39, 0.29) is 12.2 Å². The Morgan fingerprint density at radius 1 is 1.06 bits per heavy atom. The number of amides is 1. The average molecular weight is 478 g/mol. The summed E-state index contributed by atoms with van der Waals surface area (Å²) in [6.45, 7) is 4.45. The van der Waals surface area contributed by atoms with E-state index in [0.29, 0.717) is 28.7 Å². The van der Waals surface area contributed by atoms with Crippen molar-refractivity contribution in [3.05, 3.63) is 101 Å². The summed E-state index contributed by atoms with van der Waals surface area (Å²) >= 11 is 0. The molecule has 1 amide bonds. The molecule has 36 heavy (non-hydrogen) atoms. The van der Waals surface area contributed by atoms with E-state index in [4.69, 9.17) is 9.47 Å². The van der Waals surface area contributed by atoms with Crippen molar-refractivity contribution < 1.29 is 14.3 Å². The van der Waals surface area contributed by atoms with Crippen molar-refractivity contribution >= 4 is 28.6 Å². The molecule has 4 aromatic rings. The van der Waals surface area contributed by atoms with Crippen molar-refractivity contribution in [2.24, 2.45) is 0 Å². The van der Waals surface area contributed by atoms with Crippen LogP contribution in [0.4, 0.5) is 5.69 Å². The molecule has 0 bridgehead atoms. The van der Waals surface area contributed by atoms with Gasteiger partial charge < -0.3 is 14.8 Å². The molecule has 0 aliphatic carbocycles. The van der Waals surface area contributed by atoms with Crippen LogP contribution in [0.3, 0.4) is 0 Å². The van der Waals surface area contributed by atoms with Crippen LogP contribution in [-0.2, 0) is 11.4 Å². The monoisotopic (exact) mass is 477 g/mol. The number of benzene rings is 3. The minimum Gasteiger partial charge on any atom is -0.496 e. The van der Waals surface area contributed by atoms with Crippen LogP contribution in [0.2, 0.25) is 0 Å². The minimum absolute atomic E-state index is 0.00164. The van der Waals surface area contributed by atoms with E-state index >= 15 is 0 Å². The summed E-state index contributed by atoms with van der Waals surface area (Å²) in [5.41, 5.74) is 4.06. The maximum Gasteiger partial charge on any atom is 0.266 e. The molecule has 1 heterocycles. The number of ether oxygens (including phenoxy) is 2. The number of nitrogens with zero attached hydrogens (tertiary/aromatic N) is 2. The molecule has 0 spiro atoms. The van der Waals surface area contributed by atoms with Gasteiger partial charge in [-0.1, -0.05) is 50.2 Å². The quantitative estimate of drug-likeness (QED) is 0.232. The minimum atomic E-state index is -0.467. The van der Waals surface area contributed by atoms with Gasteiger partial charge >= 0.3 is 0 Å². The van der Waals surface area contributed by atoms with E-state index in [9.17, 15) is 10.1 Å². The molecule has 0 aliphatic rings. The van der Waals surface area contributed by atoms with Crippen LogP contribution in [-0.4, -0.2) is 18.0 Å². The van der Waals surface area contributed by atoms with Gasteiger partial charge in [0.15, 0.2) is 0 Å². The fraction of sp³-hybridized carbons (Fsp3) is 0.167. The number of carbonyl (C=O) groups excluding carboxylic acids is 1. The second-order valence-electron chi connectivity index (χ2n) is 8.59. The van der Waals surface area contributed by atoms with Crippen molar-refractivity contribution in [3.8, 4) is 17.6 Å². The number of hydrogen-bond donors (Lipinski definition) is 1. The Kier molecular flexibility index (Phi) is 7.62. The number of carbonyl (C=O) groups is 1. The number of para-hydroxylation sites is 1. The molecule has 0 radical (unpaired) electrons. The number of anilines is 1. The van der Waals surface area contributed by atoms with Crippen molar-refractivity contribution in [2.75, 3.05) is 12.4 Å². The zero-order valence-corrected chi connectivity index (χ0v) is 20.5. The van der Waals surface area contributed by atoms with E-state index in [1.54, 1.807) is 31.5 Å². The van der Waals surface area contributed by atoms with Gasteiger partial charge in [-0.25, -0.2) is 0 Å². The first kappa shape index (κ1) is 24.5. The van der Waals surface area contributed by atoms with Crippen LogP contribution in [0, 0.1) is 11.3 Å². The van der Waals surface area contributed by atoms with Gasteiger partial charge in [0.25, 0.3) is 5.91 Å². The van der Waals surface area contributed by atoms with E-state index in [0.717, 1.165) is 16.5 Å². The predicted molar refractivity (Wildman–Crippen MR) is 142 cm³/mol. The van der Waals surface area contributed by atoms with Gasteiger partial charge in [-0.05, 0) is 59.5 Å². The number of methoxy groups -OCH3 is 1. The highest BCUT2D eigenvalue weighted by Gasteiger charge is 2.12. The summed E-state index contributed by atoms with van der Waals surface area (Å²) in [5.74, 6) is 1.24. The molecule has 1 aromatic heterocycles. The van der Waals surface area contributed by atoms with Gasteiger partial charge in [-0.3, -0.25) is 9.78 Å². The lowest BCUT2D eigenvalue weighted by Gasteiger charge is -2.12. The van der Waals surface area contributed by atoms with Crippen LogP contribution in [0.15, 0.2) is 84.6 Å². The number of aromatic nitrogens is 1. The highest BCUT2D eigenvalue weighted by Crippen LogP contribution is 2.27. The van der Waals surface area contributed by atoms with Crippen molar-refractivity contribution in [2.45, 2.75) is 26.4 Å². The lowest BCUT2D eigenvalue weighted by Crippen LogP contribution is -2.13. The van der Waals surface area contributed by atoms with E-state index in [2.05, 4.69) is 24.1 Å². The normalized spacial score (nSPS) is 11.2. The third-order valence-electron chi connectivity index (χ3n) is 5.79. The Bertz CT molecular complexity index is 1450. The Hall–Kier alpha value is -4.63. The fourth-order valence-electron chi connectivity index (χ4n) is 3.81. The van der Waals surface area contributed by atoms with Gasteiger partial charge in [0.1, 0.15) is 35.3 Å². The van der Waals surface area contributed by atoms with Gasteiger partial charge in [-0.15, -0.1) is 0 Å². The smallest absolute Gasteiger partial charge is 0.266 e. The Morgan fingerprint density at radius 3 is 2.56 bits per heavy atom. The molecule has 6 nitrogen and oxygen atoms in total. The third kappa shape index (κ3) is 5.70. The number of nitrogens with one attached hydrogen (secondary N) is 1. The van der Waals surface area contributed by atoms with Gasteiger partial charge in [0, 0.05) is 22.8 Å². The van der Waals surface area contributed by atoms with Crippen LogP contribution in [0.25, 0.3) is 17.0 Å². The number of rotatable bonds is 8. The molecule has 4 rings (SSSR count). The first-order valence-corrected chi connectivity index (χ1v) is 11.6. The van der Waals surface area contributed by atoms with E-state index < -0.39 is 5.91 Å². The lowest BCUT2D eigenvalue weighted by atomic mass is 10.0. The van der Waals surface area contributed by atoms with Gasteiger partial charge in [0.2, 0.25) is 0 Å². The molecule has 0 saturated carbocycles. The third-order valence-corrected chi connectivity index (χ3v) is 5.79. The summed E-state index contributed by atoms with van der Waals surface area (Å²) in [4.78, 5) is 17.2. The standard InChI is InChI=1S/C30H27N3O3/c1-20(2)22-10-12-26(13-11-22)33-30(34)24(18-31)16-21-9-14-27(35-3)25(17-21)19-36-28-8-4-6-23-7-5-15-32-29(23)28/h4-17,20H,19H2,1-3H3,(H,33,34)/b24-16+. The largest absolute Gasteiger partial charge is 0.496 e. The molecule has 0 unspecified atom stereocenters. The summed E-state index contributed by atoms with van der Waals surface area (Å²) in [6.07, 6.45) is 3.29. The molecule has 180 valence electrons. The molecular formula is C30H27N3O3. The average Bonchev–Trinajstić information content (AvgIpc) is 2.90. The molecule has 1 N–H and O–H groups in total. The number of pyridine rings is 1. The second kappa shape index (κ2) is 11.2. The maximum atomic E-state index is 12.8. The number of nitriles is 1. The SMILES string of the molecule is COc1ccc(/C=C(\C#N)C(=O)Nc2ccc(C(C)C)cc2)cc1COc1cccc2cccnc12. The molecule has 6 heteroatoms. The fourth-order valence-corrected chi connectivity index (χ4v) is 3.81. The molecule has 0 fully saturated rings. The van der Waals surface area contributed by atoms with E-state index in [1.165, 1.54) is 5.56 Å². The predicted octanol–water partition coefficient (Wildman–Crippen LogP) is 6.49. The Labute approximate surface area is 210 Å². The number of fused-ring (bicyclic) bond motifs is 1. The summed E-state index contributed by atoms with van der Waals surface area (Å²) < 4.78 is 11.6. The molecule has 0 aliphatic heterocycles. The second-order valence-corrected chi connectivity index (χ2v) is 8.59. The van der Waals surface area contributed by atoms with E-state index in [1.807, 2.05) is 66.7 Å². The van der Waals surface area contributed by atoms with Crippen molar-refractivity contribution in [1.82, 2.24) is 4.98 Å². The van der Waals surface area contributed by atoms with Crippen LogP contribution in [0.5, 0.6) is 11.5 Å². The van der Waals surface area contributed by atoms with Gasteiger partial charge in [0.05, 0.1) is 7.11 Å². The van der Waals surface area contributed by atoms with Crippen LogP contribution in [0.1, 0.15) is 36.5 Å². The highest BCUT2D eigenvalue weighted by atomic mass is 16.5. The Balaban J connectivity index is 1.53. The Morgan fingerprint density at radius 2 is 1.83 bits per heavy atom. The first-order valence-electron chi connectivity index (χ1n) is 11.6. The lowest BCUT2D eigenvalue weighted by molar-refractivity contribution is -0.112. The summed E-state index contributed by atoms with van der Waals surface area (Å²) in [5, 5.41) is 13.4. The number of hydrogen-bond acceptors (Lipinski definition) is 5. The maximum absolute atomic E-state index is 12.8. The first-order chi connectivity index (χ1) is 17.5. The highest BCUT2D eigenvalue weighted by molar-refractivity contribution is 6.09. The van der Waals surface area contributed by atoms with Gasteiger partial charge in [-0.2, -0.15) is 5.26 Å². The topological polar surface area (TPSA) is 84.2 Å². The summed E-state index contributed by atoms with van der Waals surface area (Å²) in [7, 11) is 1.59. The summed E-state index contributed by atoms with van der Waals surface area (Å²) in [6, 6.07) is 24.7. The molecular weight excluding hydrogens is 450 g/mol. The van der Waals surface area contributed by atoms with Crippen LogP contribution >= 0.6 is 0 Å². The molecule has 3 aromatic carbocycles. The zero-order chi connectivity index (χ0) is 25.5. The van der Waals surface area contributed by atoms with Crippen molar-refractivity contribution in [3.63, 3.8) is 0 Å². The van der Waals surface area contributed by atoms with Crippen LogP contribution < -0.4 is 14.8 Å². The molecule has 0 atom stereocenters. The van der Waals surface area contributed by atoms with Crippen molar-refractivity contribution in [1.29, 1.82) is 5.26 Å². The zero-order valence-electron chi connectivity index (χ0n) is 20.5.